The van der Waals surface area contributed by atoms with E-state index < -0.39 is 0 Å². The maximum Gasteiger partial charge on any atom is 0.322 e. The van der Waals surface area contributed by atoms with Crippen molar-refractivity contribution in [2.75, 3.05) is 11.9 Å². The minimum Gasteiger partial charge on any atom is -0.508 e. The minimum absolute atomic E-state index is 0.0340. The van der Waals surface area contributed by atoms with E-state index >= 15 is 0 Å². The Labute approximate surface area is 128 Å². The van der Waals surface area contributed by atoms with Gasteiger partial charge in [-0.05, 0) is 49.6 Å². The Morgan fingerprint density at radius 2 is 1.90 bits per heavy atom. The molecule has 0 bridgehead atoms. The average Bonchev–Trinajstić information content (AvgIpc) is 2.39. The number of anilines is 1. The molecule has 2 rings (SSSR count). The molecule has 0 aliphatic carbocycles. The second-order valence-corrected chi connectivity index (χ2v) is 5.06. The molecule has 0 aliphatic rings. The van der Waals surface area contributed by atoms with Gasteiger partial charge < -0.3 is 15.2 Å². The van der Waals surface area contributed by atoms with Gasteiger partial charge in [-0.15, -0.1) is 0 Å². The molecular weight excluding hydrogens is 292 g/mol. The Morgan fingerprint density at radius 3 is 2.57 bits per heavy atom. The van der Waals surface area contributed by atoms with Crippen LogP contribution in [0.2, 0.25) is 5.28 Å². The highest BCUT2D eigenvalue weighted by Gasteiger charge is 2.07. The number of hydrogen-bond donors (Lipinski definition) is 2. The average molecular weight is 309 g/mol. The summed E-state index contributed by atoms with van der Waals surface area (Å²) in [6, 6.07) is 7.25. The van der Waals surface area contributed by atoms with Crippen molar-refractivity contribution >= 4 is 17.5 Å². The summed E-state index contributed by atoms with van der Waals surface area (Å²) in [5, 5.41) is 12.4. The van der Waals surface area contributed by atoms with Crippen molar-refractivity contribution in [2.45, 2.75) is 26.4 Å². The standard InChI is InChI=1S/C14H17ClN4O2/c1-9(2)21-14-18-12(15)17-13(19-14)16-8-7-10-3-5-11(20)6-4-10/h3-6,9,20H,7-8H2,1-2H3,(H,16,17,18,19). The Balaban J connectivity index is 1.93. The molecule has 0 unspecified atom stereocenters. The summed E-state index contributed by atoms with van der Waals surface area (Å²) in [4.78, 5) is 12.0. The number of nitrogens with zero attached hydrogens (tertiary/aromatic N) is 3. The third kappa shape index (κ3) is 5.07. The Hall–Kier alpha value is -2.08. The second-order valence-electron chi connectivity index (χ2n) is 4.72. The summed E-state index contributed by atoms with van der Waals surface area (Å²) < 4.78 is 5.40. The Bertz CT molecular complexity index is 590. The summed E-state index contributed by atoms with van der Waals surface area (Å²) in [6.45, 7) is 4.40. The number of rotatable bonds is 6. The van der Waals surface area contributed by atoms with Gasteiger partial charge in [-0.3, -0.25) is 0 Å². The molecule has 0 atom stereocenters. The summed E-state index contributed by atoms with van der Waals surface area (Å²) in [6.07, 6.45) is 0.734. The fourth-order valence-electron chi connectivity index (χ4n) is 1.66. The van der Waals surface area contributed by atoms with Gasteiger partial charge in [-0.25, -0.2) is 0 Å². The first-order valence-corrected chi connectivity index (χ1v) is 7.01. The molecule has 0 aliphatic heterocycles. The molecule has 6 nitrogen and oxygen atoms in total. The predicted molar refractivity (Wildman–Crippen MR) is 80.9 cm³/mol. The molecule has 0 saturated heterocycles. The van der Waals surface area contributed by atoms with Crippen LogP contribution in [0.3, 0.4) is 0 Å². The maximum atomic E-state index is 9.22. The van der Waals surface area contributed by atoms with Gasteiger partial charge in [0.25, 0.3) is 0 Å². The quantitative estimate of drug-likeness (QED) is 0.854. The van der Waals surface area contributed by atoms with Gasteiger partial charge in [0.1, 0.15) is 5.75 Å². The third-order valence-corrected chi connectivity index (χ3v) is 2.73. The highest BCUT2D eigenvalue weighted by Crippen LogP contribution is 2.13. The second kappa shape index (κ2) is 7.08. The molecule has 0 fully saturated rings. The molecule has 2 N–H and O–H groups in total. The summed E-state index contributed by atoms with van der Waals surface area (Å²) in [5.41, 5.74) is 1.10. The highest BCUT2D eigenvalue weighted by molar-refractivity contribution is 6.28. The number of halogens is 1. The lowest BCUT2D eigenvalue weighted by molar-refractivity contribution is 0.222. The van der Waals surface area contributed by atoms with Crippen LogP contribution in [0.5, 0.6) is 11.8 Å². The van der Waals surface area contributed by atoms with Gasteiger partial charge in [0, 0.05) is 6.54 Å². The van der Waals surface area contributed by atoms with Gasteiger partial charge in [-0.2, -0.15) is 15.0 Å². The molecule has 0 radical (unpaired) electrons. The summed E-state index contributed by atoms with van der Waals surface area (Å²) in [7, 11) is 0. The molecule has 1 aromatic heterocycles. The van der Waals surface area contributed by atoms with Crippen molar-refractivity contribution in [1.82, 2.24) is 15.0 Å². The molecule has 0 saturated carbocycles. The van der Waals surface area contributed by atoms with Crippen molar-refractivity contribution in [2.24, 2.45) is 0 Å². The van der Waals surface area contributed by atoms with Crippen LogP contribution in [-0.4, -0.2) is 32.7 Å². The predicted octanol–water partition coefficient (Wildman–Crippen LogP) is 2.67. The number of hydrogen-bond acceptors (Lipinski definition) is 6. The number of phenols is 1. The molecule has 112 valence electrons. The van der Waals surface area contributed by atoms with Crippen molar-refractivity contribution in [3.8, 4) is 11.8 Å². The van der Waals surface area contributed by atoms with Crippen LogP contribution < -0.4 is 10.1 Å². The van der Waals surface area contributed by atoms with Gasteiger partial charge in [-0.1, -0.05) is 12.1 Å². The molecular formula is C14H17ClN4O2. The zero-order valence-electron chi connectivity index (χ0n) is 11.9. The number of aromatic nitrogens is 3. The monoisotopic (exact) mass is 308 g/mol. The van der Waals surface area contributed by atoms with Crippen molar-refractivity contribution in [1.29, 1.82) is 0 Å². The fraction of sp³-hybridized carbons (Fsp3) is 0.357. The zero-order valence-corrected chi connectivity index (χ0v) is 12.6. The van der Waals surface area contributed by atoms with E-state index in [0.717, 1.165) is 12.0 Å². The fourth-order valence-corrected chi connectivity index (χ4v) is 1.81. The highest BCUT2D eigenvalue weighted by atomic mass is 35.5. The van der Waals surface area contributed by atoms with Crippen molar-refractivity contribution < 1.29 is 9.84 Å². The molecule has 7 heteroatoms. The Morgan fingerprint density at radius 1 is 1.19 bits per heavy atom. The number of benzene rings is 1. The van der Waals surface area contributed by atoms with Gasteiger partial charge in [0.05, 0.1) is 6.10 Å². The summed E-state index contributed by atoms with van der Waals surface area (Å²) in [5.74, 6) is 0.635. The van der Waals surface area contributed by atoms with E-state index in [9.17, 15) is 5.11 Å². The van der Waals surface area contributed by atoms with Gasteiger partial charge in [0.2, 0.25) is 11.2 Å². The Kier molecular flexibility index (Phi) is 5.16. The first kappa shape index (κ1) is 15.3. The van der Waals surface area contributed by atoms with Gasteiger partial charge in [0.15, 0.2) is 0 Å². The number of ether oxygens (including phenoxy) is 1. The molecule has 1 aromatic carbocycles. The number of nitrogens with one attached hydrogen (secondary N) is 1. The topological polar surface area (TPSA) is 80.2 Å². The summed E-state index contributed by atoms with van der Waals surface area (Å²) >= 11 is 5.84. The van der Waals surface area contributed by atoms with Crippen LogP contribution in [0.1, 0.15) is 19.4 Å². The smallest absolute Gasteiger partial charge is 0.322 e. The molecule has 2 aromatic rings. The van der Waals surface area contributed by atoms with Crippen LogP contribution >= 0.6 is 11.6 Å². The van der Waals surface area contributed by atoms with Crippen LogP contribution in [0, 0.1) is 0 Å². The normalized spacial score (nSPS) is 10.7. The number of aromatic hydroxyl groups is 1. The van der Waals surface area contributed by atoms with Crippen molar-refractivity contribution in [3.63, 3.8) is 0 Å². The molecule has 21 heavy (non-hydrogen) atoms. The van der Waals surface area contributed by atoms with E-state index in [0.29, 0.717) is 12.5 Å². The van der Waals surface area contributed by atoms with Crippen LogP contribution in [-0.2, 0) is 6.42 Å². The first-order valence-electron chi connectivity index (χ1n) is 6.63. The lowest BCUT2D eigenvalue weighted by Gasteiger charge is -2.09. The molecule has 1 heterocycles. The van der Waals surface area contributed by atoms with E-state index in [4.69, 9.17) is 16.3 Å². The van der Waals surface area contributed by atoms with E-state index in [-0.39, 0.29) is 23.1 Å². The number of phenolic OH excluding ortho intramolecular Hbond substituents is 1. The molecule has 0 spiro atoms. The van der Waals surface area contributed by atoms with E-state index in [1.165, 1.54) is 0 Å². The SMILES string of the molecule is CC(C)Oc1nc(Cl)nc(NCCc2ccc(O)cc2)n1. The van der Waals surface area contributed by atoms with E-state index in [2.05, 4.69) is 20.3 Å². The lowest BCUT2D eigenvalue weighted by Crippen LogP contribution is -2.12. The van der Waals surface area contributed by atoms with Crippen LogP contribution in [0.15, 0.2) is 24.3 Å². The van der Waals surface area contributed by atoms with Crippen molar-refractivity contribution in [3.05, 3.63) is 35.1 Å². The van der Waals surface area contributed by atoms with E-state index in [1.807, 2.05) is 26.0 Å². The van der Waals surface area contributed by atoms with Gasteiger partial charge >= 0.3 is 6.01 Å². The third-order valence-electron chi connectivity index (χ3n) is 2.56. The first-order chi connectivity index (χ1) is 10.0. The molecule has 0 amide bonds. The largest absolute Gasteiger partial charge is 0.508 e. The van der Waals surface area contributed by atoms with E-state index in [1.54, 1.807) is 12.1 Å². The van der Waals surface area contributed by atoms with Crippen LogP contribution in [0.25, 0.3) is 0 Å². The maximum absolute atomic E-state index is 9.22. The lowest BCUT2D eigenvalue weighted by atomic mass is 10.1. The minimum atomic E-state index is -0.0340. The van der Waals surface area contributed by atoms with Crippen LogP contribution in [0.4, 0.5) is 5.95 Å². The zero-order chi connectivity index (χ0) is 15.2.